The Bertz CT molecular complexity index is 825. The number of fused-ring (bicyclic) bond motifs is 1. The number of hydrogen-bond donors (Lipinski definition) is 1. The first-order chi connectivity index (χ1) is 10.9. The van der Waals surface area contributed by atoms with Gasteiger partial charge in [-0.2, -0.15) is 13.2 Å². The van der Waals surface area contributed by atoms with Crippen molar-refractivity contribution in [3.05, 3.63) is 45.1 Å². The van der Waals surface area contributed by atoms with Gasteiger partial charge in [0.05, 0.1) is 23.6 Å². The van der Waals surface area contributed by atoms with Crippen LogP contribution in [0.4, 0.5) is 13.2 Å². The van der Waals surface area contributed by atoms with Gasteiger partial charge in [0, 0.05) is 0 Å². The predicted octanol–water partition coefficient (Wildman–Crippen LogP) is 2.19. The molecule has 1 aliphatic rings. The van der Waals surface area contributed by atoms with Gasteiger partial charge in [0.25, 0.3) is 5.56 Å². The number of H-pyrrole nitrogens is 1. The highest BCUT2D eigenvalue weighted by molar-refractivity contribution is 5.76. The normalized spacial score (nSPS) is 22.4. The molecule has 0 bridgehead atoms. The molecule has 1 aromatic heterocycles. The third kappa shape index (κ3) is 3.17. The van der Waals surface area contributed by atoms with E-state index in [-0.39, 0.29) is 13.0 Å². The Balaban J connectivity index is 1.90. The molecule has 0 radical (unpaired) electrons. The van der Waals surface area contributed by atoms with Crippen molar-refractivity contribution in [1.29, 1.82) is 0 Å². The second-order valence-electron chi connectivity index (χ2n) is 5.61. The Morgan fingerprint density at radius 2 is 1.96 bits per heavy atom. The van der Waals surface area contributed by atoms with Crippen molar-refractivity contribution in [3.8, 4) is 0 Å². The fourth-order valence-corrected chi connectivity index (χ4v) is 2.84. The molecule has 1 aliphatic heterocycles. The van der Waals surface area contributed by atoms with E-state index in [2.05, 4.69) is 4.98 Å². The van der Waals surface area contributed by atoms with Crippen molar-refractivity contribution >= 4 is 10.9 Å². The van der Waals surface area contributed by atoms with Crippen molar-refractivity contribution in [2.45, 2.75) is 44.2 Å². The van der Waals surface area contributed by atoms with Crippen LogP contribution in [0.2, 0.25) is 0 Å². The van der Waals surface area contributed by atoms with Crippen LogP contribution < -0.4 is 11.2 Å². The molecule has 2 unspecified atom stereocenters. The van der Waals surface area contributed by atoms with E-state index in [1.807, 2.05) is 0 Å². The molecule has 0 saturated carbocycles. The second-order valence-corrected chi connectivity index (χ2v) is 5.61. The highest BCUT2D eigenvalue weighted by Gasteiger charge is 2.43. The summed E-state index contributed by atoms with van der Waals surface area (Å²) in [5.74, 6) is 0. The number of hydrogen-bond acceptors (Lipinski definition) is 3. The number of aromatic nitrogens is 2. The Hall–Kier alpha value is -2.09. The van der Waals surface area contributed by atoms with Gasteiger partial charge in [0.15, 0.2) is 6.10 Å². The summed E-state index contributed by atoms with van der Waals surface area (Å²) in [6, 6.07) is 6.49. The maximum Gasteiger partial charge on any atom is 0.414 e. The number of rotatable bonds is 2. The zero-order valence-electron chi connectivity index (χ0n) is 12.1. The summed E-state index contributed by atoms with van der Waals surface area (Å²) >= 11 is 0. The third-order valence-corrected chi connectivity index (χ3v) is 3.99. The standard InChI is InChI=1S/C15H15F3N2O3/c16-15(17,18)12-7-3-4-9(23-12)8-20-13(21)10-5-1-2-6-11(10)19-14(20)22/h1-2,5-6,9,12H,3-4,7-8H2,(H,19,22). The van der Waals surface area contributed by atoms with Crippen LogP contribution >= 0.6 is 0 Å². The van der Waals surface area contributed by atoms with E-state index in [1.54, 1.807) is 24.3 Å². The van der Waals surface area contributed by atoms with Gasteiger partial charge in [-0.05, 0) is 31.4 Å². The Labute approximate surface area is 128 Å². The van der Waals surface area contributed by atoms with Gasteiger partial charge in [-0.3, -0.25) is 9.36 Å². The molecule has 2 aromatic rings. The average Bonchev–Trinajstić information content (AvgIpc) is 2.51. The maximum absolute atomic E-state index is 12.8. The lowest BCUT2D eigenvalue weighted by Crippen LogP contribution is -2.44. The maximum atomic E-state index is 12.8. The summed E-state index contributed by atoms with van der Waals surface area (Å²) in [4.78, 5) is 27.0. The summed E-state index contributed by atoms with van der Waals surface area (Å²) in [5, 5.41) is 0.315. The van der Waals surface area contributed by atoms with Crippen LogP contribution in [-0.4, -0.2) is 27.9 Å². The fraction of sp³-hybridized carbons (Fsp3) is 0.467. The first-order valence-corrected chi connectivity index (χ1v) is 7.30. The second kappa shape index (κ2) is 5.84. The minimum Gasteiger partial charge on any atom is -0.364 e. The SMILES string of the molecule is O=c1[nH]c2ccccc2c(=O)n1CC1CCCC(C(F)(F)F)O1. The summed E-state index contributed by atoms with van der Waals surface area (Å²) in [7, 11) is 0. The van der Waals surface area contributed by atoms with E-state index in [4.69, 9.17) is 4.74 Å². The van der Waals surface area contributed by atoms with E-state index in [0.29, 0.717) is 23.7 Å². The minimum absolute atomic E-state index is 0.0943. The number of aromatic amines is 1. The minimum atomic E-state index is -4.43. The van der Waals surface area contributed by atoms with Crippen LogP contribution in [0.5, 0.6) is 0 Å². The number of alkyl halides is 3. The molecule has 3 rings (SSSR count). The molecule has 23 heavy (non-hydrogen) atoms. The first-order valence-electron chi connectivity index (χ1n) is 7.30. The number of para-hydroxylation sites is 1. The molecular formula is C15H15F3N2O3. The molecule has 124 valence electrons. The lowest BCUT2D eigenvalue weighted by molar-refractivity contribution is -0.246. The van der Waals surface area contributed by atoms with Gasteiger partial charge >= 0.3 is 11.9 Å². The van der Waals surface area contributed by atoms with Gasteiger partial charge in [-0.25, -0.2) is 4.79 Å². The zero-order valence-corrected chi connectivity index (χ0v) is 12.1. The zero-order chi connectivity index (χ0) is 16.6. The van der Waals surface area contributed by atoms with Crippen molar-refractivity contribution in [2.24, 2.45) is 0 Å². The van der Waals surface area contributed by atoms with E-state index >= 15 is 0 Å². The molecule has 0 amide bonds. The van der Waals surface area contributed by atoms with Crippen LogP contribution in [0.25, 0.3) is 10.9 Å². The molecule has 8 heteroatoms. The van der Waals surface area contributed by atoms with Gasteiger partial charge in [0.2, 0.25) is 0 Å². The number of benzene rings is 1. The van der Waals surface area contributed by atoms with Crippen LogP contribution in [0.15, 0.2) is 33.9 Å². The average molecular weight is 328 g/mol. The van der Waals surface area contributed by atoms with Crippen LogP contribution in [0.3, 0.4) is 0 Å². The monoisotopic (exact) mass is 328 g/mol. The fourth-order valence-electron chi connectivity index (χ4n) is 2.84. The van der Waals surface area contributed by atoms with E-state index < -0.39 is 29.6 Å². The first kappa shape index (κ1) is 15.8. The van der Waals surface area contributed by atoms with Gasteiger partial charge in [0.1, 0.15) is 0 Å². The van der Waals surface area contributed by atoms with E-state index in [9.17, 15) is 22.8 Å². The Kier molecular flexibility index (Phi) is 4.01. The van der Waals surface area contributed by atoms with Gasteiger partial charge in [-0.15, -0.1) is 0 Å². The summed E-state index contributed by atoms with van der Waals surface area (Å²) in [5.41, 5.74) is -0.773. The molecular weight excluding hydrogens is 313 g/mol. The number of nitrogens with zero attached hydrogens (tertiary/aromatic N) is 1. The number of nitrogens with one attached hydrogen (secondary N) is 1. The third-order valence-electron chi connectivity index (χ3n) is 3.99. The molecule has 1 aromatic carbocycles. The molecule has 0 spiro atoms. The molecule has 1 N–H and O–H groups in total. The van der Waals surface area contributed by atoms with Gasteiger partial charge < -0.3 is 9.72 Å². The summed E-state index contributed by atoms with van der Waals surface area (Å²) < 4.78 is 44.2. The lowest BCUT2D eigenvalue weighted by Gasteiger charge is -2.31. The van der Waals surface area contributed by atoms with Crippen molar-refractivity contribution in [1.82, 2.24) is 9.55 Å². The molecule has 0 aliphatic carbocycles. The van der Waals surface area contributed by atoms with Crippen LogP contribution in [-0.2, 0) is 11.3 Å². The summed E-state index contributed by atoms with van der Waals surface area (Å²) in [6.07, 6.45) is -6.45. The largest absolute Gasteiger partial charge is 0.414 e. The highest BCUT2D eigenvalue weighted by Crippen LogP contribution is 2.32. The number of halogens is 3. The molecule has 1 saturated heterocycles. The lowest BCUT2D eigenvalue weighted by atomic mass is 10.0. The van der Waals surface area contributed by atoms with Crippen LogP contribution in [0, 0.1) is 0 Å². The highest BCUT2D eigenvalue weighted by atomic mass is 19.4. The van der Waals surface area contributed by atoms with Crippen molar-refractivity contribution in [2.75, 3.05) is 0 Å². The molecule has 2 heterocycles. The predicted molar refractivity (Wildman–Crippen MR) is 77.4 cm³/mol. The Morgan fingerprint density at radius 3 is 2.70 bits per heavy atom. The van der Waals surface area contributed by atoms with Crippen molar-refractivity contribution in [3.63, 3.8) is 0 Å². The molecule has 5 nitrogen and oxygen atoms in total. The molecule has 2 atom stereocenters. The van der Waals surface area contributed by atoms with Crippen molar-refractivity contribution < 1.29 is 17.9 Å². The van der Waals surface area contributed by atoms with E-state index in [0.717, 1.165) is 4.57 Å². The Morgan fingerprint density at radius 1 is 1.22 bits per heavy atom. The number of ether oxygens (including phenoxy) is 1. The quantitative estimate of drug-likeness (QED) is 0.919. The smallest absolute Gasteiger partial charge is 0.364 e. The summed E-state index contributed by atoms with van der Waals surface area (Å²) in [6.45, 7) is -0.189. The van der Waals surface area contributed by atoms with Crippen LogP contribution in [0.1, 0.15) is 19.3 Å². The van der Waals surface area contributed by atoms with Gasteiger partial charge in [-0.1, -0.05) is 12.1 Å². The topological polar surface area (TPSA) is 64.1 Å². The molecule has 1 fully saturated rings. The van der Waals surface area contributed by atoms with E-state index in [1.165, 1.54) is 0 Å².